The van der Waals surface area contributed by atoms with Crippen LogP contribution in [0.4, 0.5) is 43.4 Å². The Morgan fingerprint density at radius 1 is 0.736 bits per heavy atom. The highest BCUT2D eigenvalue weighted by atomic mass is 35.5. The summed E-state index contributed by atoms with van der Waals surface area (Å²) in [6.45, 7) is 2.33. The highest BCUT2D eigenvalue weighted by Gasteiger charge is 2.77. The molecule has 1 N–H and O–H groups in total. The van der Waals surface area contributed by atoms with Crippen LogP contribution < -0.4 is 14.7 Å². The summed E-state index contributed by atoms with van der Waals surface area (Å²) in [5, 5.41) is 9.95. The summed E-state index contributed by atoms with van der Waals surface area (Å²) in [5.41, 5.74) is -0.872. The van der Waals surface area contributed by atoms with Gasteiger partial charge in [-0.05, 0) is 60.7 Å². The van der Waals surface area contributed by atoms with Crippen molar-refractivity contribution in [2.24, 2.45) is 17.8 Å². The molecule has 0 aromatic heterocycles. The number of carbonyl (C=O) groups excluding carboxylic acids is 4. The number of carbonyl (C=O) groups is 4. The number of anilines is 3. The van der Waals surface area contributed by atoms with Crippen molar-refractivity contribution in [1.82, 2.24) is 0 Å². The van der Waals surface area contributed by atoms with Crippen LogP contribution in [0.2, 0.25) is 0 Å². The maximum absolute atomic E-state index is 15.2. The molecular formula is C36H25Cl2F6N3O6. The third-order valence-electron chi connectivity index (χ3n) is 11.0. The van der Waals surface area contributed by atoms with Crippen molar-refractivity contribution in [3.05, 3.63) is 94.6 Å². The second kappa shape index (κ2) is 12.2. The van der Waals surface area contributed by atoms with Gasteiger partial charge in [-0.25, -0.2) is 31.2 Å². The Kier molecular flexibility index (Phi) is 8.17. The molecule has 3 aromatic carbocycles. The summed E-state index contributed by atoms with van der Waals surface area (Å²) in [5.74, 6) is -24.2. The van der Waals surface area contributed by atoms with Crippen LogP contribution in [0.15, 0.2) is 54.1 Å². The van der Waals surface area contributed by atoms with Gasteiger partial charge in [-0.3, -0.25) is 24.1 Å². The fraction of sp³-hybridized carbons (Fsp3) is 0.333. The molecule has 3 saturated heterocycles. The molecule has 3 aliphatic heterocycles. The number of fused-ring (bicyclic) bond motifs is 4. The number of phenols is 1. The number of hydrogen-bond acceptors (Lipinski definition) is 7. The molecule has 276 valence electrons. The number of nitrogens with zero attached hydrogens (tertiary/aromatic N) is 3. The lowest BCUT2D eigenvalue weighted by molar-refractivity contribution is -0.125. The number of morpholine rings is 1. The van der Waals surface area contributed by atoms with Gasteiger partial charge in [0, 0.05) is 24.7 Å². The molecule has 0 bridgehead atoms. The summed E-state index contributed by atoms with van der Waals surface area (Å²) in [7, 11) is 0. The van der Waals surface area contributed by atoms with Crippen molar-refractivity contribution in [2.45, 2.75) is 28.5 Å². The molecule has 4 amide bonds. The number of rotatable bonds is 4. The minimum atomic E-state index is -2.81. The van der Waals surface area contributed by atoms with Crippen molar-refractivity contribution in [2.75, 3.05) is 41.0 Å². The molecule has 0 spiro atoms. The summed E-state index contributed by atoms with van der Waals surface area (Å²) < 4.78 is 93.6. The van der Waals surface area contributed by atoms with E-state index in [-0.39, 0.29) is 28.1 Å². The number of allylic oxidation sites excluding steroid dienone is 2. The molecule has 53 heavy (non-hydrogen) atoms. The van der Waals surface area contributed by atoms with Crippen molar-refractivity contribution in [1.29, 1.82) is 0 Å². The highest BCUT2D eigenvalue weighted by Crippen LogP contribution is 2.66. The minimum Gasteiger partial charge on any atom is -0.505 e. The molecular weight excluding hydrogens is 755 g/mol. The number of alkyl halides is 2. The zero-order valence-electron chi connectivity index (χ0n) is 27.0. The summed E-state index contributed by atoms with van der Waals surface area (Å²) >= 11 is 14.1. The maximum atomic E-state index is 15.2. The van der Waals surface area contributed by atoms with Crippen LogP contribution in [0.5, 0.6) is 5.75 Å². The zero-order chi connectivity index (χ0) is 37.9. The smallest absolute Gasteiger partial charge is 0.258 e. The van der Waals surface area contributed by atoms with Gasteiger partial charge in [0.05, 0.1) is 30.7 Å². The zero-order valence-corrected chi connectivity index (χ0v) is 28.5. The lowest BCUT2D eigenvalue weighted by Crippen LogP contribution is -2.60. The Hall–Kier alpha value is -4.60. The van der Waals surface area contributed by atoms with Crippen LogP contribution >= 0.6 is 23.2 Å². The van der Waals surface area contributed by atoms with Crippen LogP contribution in [-0.4, -0.2) is 64.8 Å². The molecule has 9 nitrogen and oxygen atoms in total. The van der Waals surface area contributed by atoms with Crippen LogP contribution in [0.1, 0.15) is 24.3 Å². The Morgan fingerprint density at radius 2 is 1.34 bits per heavy atom. The molecule has 8 rings (SSSR count). The third-order valence-corrected chi connectivity index (χ3v) is 12.4. The van der Waals surface area contributed by atoms with E-state index in [9.17, 15) is 41.8 Å². The molecule has 17 heteroatoms. The normalized spacial score (nSPS) is 29.7. The first-order valence-electron chi connectivity index (χ1n) is 16.4. The van der Waals surface area contributed by atoms with Crippen molar-refractivity contribution in [3.63, 3.8) is 0 Å². The topological polar surface area (TPSA) is 107 Å². The number of imide groups is 2. The minimum absolute atomic E-state index is 0.0910. The van der Waals surface area contributed by atoms with Crippen molar-refractivity contribution >= 4 is 63.9 Å². The summed E-state index contributed by atoms with van der Waals surface area (Å²) in [6.07, 6.45) is 0.699. The van der Waals surface area contributed by atoms with Gasteiger partial charge in [0.15, 0.2) is 44.6 Å². The van der Waals surface area contributed by atoms with Gasteiger partial charge in [-0.15, -0.1) is 23.2 Å². The molecule has 2 aliphatic carbocycles. The predicted molar refractivity (Wildman–Crippen MR) is 176 cm³/mol. The first-order valence-corrected chi connectivity index (χ1v) is 17.2. The third kappa shape index (κ3) is 4.75. The molecule has 0 radical (unpaired) electrons. The van der Waals surface area contributed by atoms with E-state index >= 15 is 8.78 Å². The van der Waals surface area contributed by atoms with Gasteiger partial charge in [0.25, 0.3) is 11.8 Å². The Balaban J connectivity index is 1.24. The lowest BCUT2D eigenvalue weighted by Gasteiger charge is -2.50. The Morgan fingerprint density at radius 3 is 1.96 bits per heavy atom. The van der Waals surface area contributed by atoms with E-state index in [1.54, 1.807) is 24.3 Å². The molecule has 6 atom stereocenters. The van der Waals surface area contributed by atoms with E-state index in [2.05, 4.69) is 4.90 Å². The molecule has 1 saturated carbocycles. The van der Waals surface area contributed by atoms with E-state index in [1.165, 1.54) is 6.08 Å². The van der Waals surface area contributed by atoms with Gasteiger partial charge in [-0.2, -0.15) is 0 Å². The number of halogens is 8. The van der Waals surface area contributed by atoms with Gasteiger partial charge in [-0.1, -0.05) is 17.7 Å². The number of amides is 4. The average molecular weight is 781 g/mol. The first kappa shape index (κ1) is 35.4. The van der Waals surface area contributed by atoms with Gasteiger partial charge in [0.2, 0.25) is 17.6 Å². The molecule has 5 aliphatic rings. The van der Waals surface area contributed by atoms with Crippen molar-refractivity contribution in [3.8, 4) is 5.75 Å². The van der Waals surface area contributed by atoms with E-state index in [0.717, 1.165) is 28.8 Å². The SMILES string of the molecule is O=C1C2CC=C3C(CC4(Cl)C(=O)N(c5c(F)c(F)c(F)c(F)c5F)C(=O)C4(Cl)C3c3ccc(O)c(F)c3)C2C(=O)N1c1ccc(N2CCOCC2)cc1. The molecule has 3 aromatic rings. The fourth-order valence-electron chi connectivity index (χ4n) is 8.53. The van der Waals surface area contributed by atoms with E-state index in [1.807, 2.05) is 0 Å². The number of phenolic OH excluding ortho intramolecular Hbond substituents is 1. The van der Waals surface area contributed by atoms with Crippen LogP contribution in [0.25, 0.3) is 0 Å². The second-order valence-corrected chi connectivity index (χ2v) is 14.8. The Labute approximate surface area is 306 Å². The fourth-order valence-corrected chi connectivity index (χ4v) is 9.47. The van der Waals surface area contributed by atoms with Gasteiger partial charge < -0.3 is 14.7 Å². The number of hydrogen-bond donors (Lipinski definition) is 1. The van der Waals surface area contributed by atoms with Crippen LogP contribution in [0, 0.1) is 52.7 Å². The Bertz CT molecular complexity index is 2160. The maximum Gasteiger partial charge on any atom is 0.258 e. The number of benzene rings is 3. The largest absolute Gasteiger partial charge is 0.505 e. The molecule has 4 fully saturated rings. The second-order valence-electron chi connectivity index (χ2n) is 13.5. The van der Waals surface area contributed by atoms with E-state index in [0.29, 0.717) is 26.3 Å². The quantitative estimate of drug-likeness (QED) is 0.0888. The summed E-state index contributed by atoms with van der Waals surface area (Å²) in [6, 6.07) is 9.52. The lowest BCUT2D eigenvalue weighted by atomic mass is 9.56. The predicted octanol–water partition coefficient (Wildman–Crippen LogP) is 5.83. The van der Waals surface area contributed by atoms with Crippen molar-refractivity contribution < 1.29 is 55.4 Å². The number of ether oxygens (including phenoxy) is 1. The van der Waals surface area contributed by atoms with E-state index in [4.69, 9.17) is 27.9 Å². The van der Waals surface area contributed by atoms with Crippen LogP contribution in [-0.2, 0) is 23.9 Å². The monoisotopic (exact) mass is 779 g/mol. The van der Waals surface area contributed by atoms with Gasteiger partial charge in [0.1, 0.15) is 5.69 Å². The standard InChI is InChI=1S/C36H25Cl2F6N3O6/c37-35-14-20-18(6-7-19-23(20)32(50)46(31(19)49)17-4-2-16(3-5-17)45-9-11-53-12-10-45)24(15-1-8-22(48)21(39)13-15)36(35,38)34(52)47(33(35)51)30-28(43)26(41)25(40)27(42)29(30)44/h1-6,8,13,19-20,23-24,48H,7,9-12,14H2. The summed E-state index contributed by atoms with van der Waals surface area (Å²) in [4.78, 5) is 54.0. The van der Waals surface area contributed by atoms with Gasteiger partial charge >= 0.3 is 0 Å². The molecule has 6 unspecified atom stereocenters. The van der Waals surface area contributed by atoms with Crippen LogP contribution in [0.3, 0.4) is 0 Å². The number of aromatic hydroxyl groups is 1. The first-order chi connectivity index (χ1) is 25.1. The van der Waals surface area contributed by atoms with E-state index < -0.39 is 110 Å². The highest BCUT2D eigenvalue weighted by molar-refractivity contribution is 6.58. The average Bonchev–Trinajstić information content (AvgIpc) is 3.49. The molecule has 3 heterocycles.